The van der Waals surface area contributed by atoms with Crippen LogP contribution in [0.2, 0.25) is 17.1 Å². The lowest BCUT2D eigenvalue weighted by molar-refractivity contribution is 0.596. The summed E-state index contributed by atoms with van der Waals surface area (Å²) in [5.74, 6) is 0. The number of fused-ring (bicyclic) bond motifs is 1. The molecule has 1 unspecified atom stereocenters. The summed E-state index contributed by atoms with van der Waals surface area (Å²) in [5, 5.41) is 4.16. The van der Waals surface area contributed by atoms with Gasteiger partial charge < -0.3 is 5.32 Å². The molecule has 1 nitrogen and oxygen atoms in total. The molecule has 1 aliphatic rings. The van der Waals surface area contributed by atoms with Crippen molar-refractivity contribution < 1.29 is 0 Å². The Labute approximate surface area is 101 Å². The van der Waals surface area contributed by atoms with Crippen molar-refractivity contribution in [3.05, 3.63) is 29.8 Å². The van der Waals surface area contributed by atoms with Crippen molar-refractivity contribution in [1.29, 1.82) is 0 Å². The number of hydrogen-bond acceptors (Lipinski definition) is 1. The van der Waals surface area contributed by atoms with Crippen LogP contribution in [0.4, 0.5) is 5.69 Å². The molecule has 0 aliphatic carbocycles. The smallest absolute Gasteiger partial charge is 0.0563 e. The average molecular weight is 232 g/mol. The Hall–Kier alpha value is -0.763. The van der Waals surface area contributed by atoms with E-state index < -0.39 is 0 Å². The number of anilines is 1. The van der Waals surface area contributed by atoms with Crippen molar-refractivity contribution in [1.82, 2.24) is 0 Å². The molecule has 0 fully saturated rings. The molecule has 1 aliphatic heterocycles. The Morgan fingerprint density at radius 3 is 2.62 bits per heavy atom. The van der Waals surface area contributed by atoms with E-state index in [1.165, 1.54) is 36.3 Å². The highest BCUT2D eigenvalue weighted by Gasteiger charge is 2.36. The van der Waals surface area contributed by atoms with E-state index in [9.17, 15) is 0 Å². The first-order valence-electron chi connectivity index (χ1n) is 6.36. The van der Waals surface area contributed by atoms with E-state index in [4.69, 9.17) is 0 Å². The summed E-state index contributed by atoms with van der Waals surface area (Å²) in [6, 6.07) is 11.6. The molecule has 1 N–H and O–H groups in total. The summed E-state index contributed by atoms with van der Waals surface area (Å²) >= 11 is 0. The van der Waals surface area contributed by atoms with Gasteiger partial charge in [0.1, 0.15) is 0 Å². The monoisotopic (exact) mass is 232 g/mol. The Morgan fingerprint density at radius 2 is 1.94 bits per heavy atom. The minimum absolute atomic E-state index is 0.227. The van der Waals surface area contributed by atoms with Crippen LogP contribution >= 0.6 is 0 Å². The maximum Gasteiger partial charge on any atom is 0.0563 e. The van der Waals surface area contributed by atoms with Gasteiger partial charge in [-0.25, -0.2) is 0 Å². The fourth-order valence-corrected chi connectivity index (χ4v) is 5.96. The van der Waals surface area contributed by atoms with Crippen LogP contribution in [0.1, 0.15) is 26.3 Å². The van der Waals surface area contributed by atoms with Gasteiger partial charge in [0, 0.05) is 12.2 Å². The van der Waals surface area contributed by atoms with E-state index in [0.29, 0.717) is 5.04 Å². The van der Waals surface area contributed by atoms with Gasteiger partial charge in [0.05, 0.1) is 8.80 Å². The van der Waals surface area contributed by atoms with Crippen LogP contribution in [0.3, 0.4) is 0 Å². The Kier molecular flexibility index (Phi) is 3.38. The second-order valence-electron chi connectivity index (χ2n) is 5.06. The highest BCUT2D eigenvalue weighted by Crippen LogP contribution is 2.42. The van der Waals surface area contributed by atoms with Crippen LogP contribution in [0.5, 0.6) is 0 Å². The van der Waals surface area contributed by atoms with Gasteiger partial charge >= 0.3 is 0 Å². The first-order chi connectivity index (χ1) is 7.69. The van der Waals surface area contributed by atoms with Crippen molar-refractivity contribution in [2.75, 3.05) is 11.9 Å². The van der Waals surface area contributed by atoms with Crippen molar-refractivity contribution in [2.24, 2.45) is 0 Å². The van der Waals surface area contributed by atoms with Gasteiger partial charge in [-0.05, 0) is 23.1 Å². The van der Waals surface area contributed by atoms with Gasteiger partial charge in [0.25, 0.3) is 0 Å². The maximum atomic E-state index is 3.63. The lowest BCUT2D eigenvalue weighted by atomic mass is 9.94. The molecule has 16 heavy (non-hydrogen) atoms. The largest absolute Gasteiger partial charge is 0.385 e. The zero-order chi connectivity index (χ0) is 11.6. The maximum absolute atomic E-state index is 3.63. The highest BCUT2D eigenvalue weighted by molar-refractivity contribution is 6.62. The van der Waals surface area contributed by atoms with Crippen LogP contribution in [-0.4, -0.2) is 15.3 Å². The van der Waals surface area contributed by atoms with Gasteiger partial charge in [0.2, 0.25) is 0 Å². The van der Waals surface area contributed by atoms with Crippen LogP contribution in [0.25, 0.3) is 0 Å². The number of rotatable bonds is 3. The molecule has 0 bridgehead atoms. The average Bonchev–Trinajstić information content (AvgIpc) is 2.30. The number of benzene rings is 1. The fraction of sp³-hybridized carbons (Fsp3) is 0.571. The standard InChI is InChI=1S/C14H22NSi/c1-4-16(5-2)14(3)10-12-8-6-7-9-13(12)15-11-14/h6-9,15H,4-5,10-11H2,1-3H3. The van der Waals surface area contributed by atoms with Crippen LogP contribution < -0.4 is 5.32 Å². The molecular weight excluding hydrogens is 210 g/mol. The van der Waals surface area contributed by atoms with Gasteiger partial charge in [-0.1, -0.05) is 51.1 Å². The number of nitrogens with one attached hydrogen (secondary N) is 1. The zero-order valence-electron chi connectivity index (χ0n) is 10.6. The van der Waals surface area contributed by atoms with E-state index in [-0.39, 0.29) is 8.80 Å². The van der Waals surface area contributed by atoms with Crippen LogP contribution in [0.15, 0.2) is 24.3 Å². The van der Waals surface area contributed by atoms with Gasteiger partial charge in [-0.15, -0.1) is 0 Å². The van der Waals surface area contributed by atoms with Gasteiger partial charge in [0.15, 0.2) is 0 Å². The summed E-state index contributed by atoms with van der Waals surface area (Å²) in [6.45, 7) is 8.38. The number of para-hydroxylation sites is 1. The molecule has 1 heterocycles. The van der Waals surface area contributed by atoms with Crippen LogP contribution in [-0.2, 0) is 6.42 Å². The van der Waals surface area contributed by atoms with E-state index in [1.807, 2.05) is 0 Å². The van der Waals surface area contributed by atoms with E-state index in [1.54, 1.807) is 0 Å². The second-order valence-corrected chi connectivity index (χ2v) is 8.89. The first kappa shape index (κ1) is 11.7. The predicted molar refractivity (Wildman–Crippen MR) is 73.7 cm³/mol. The normalized spacial score (nSPS) is 24.0. The van der Waals surface area contributed by atoms with Crippen molar-refractivity contribution in [2.45, 2.75) is 44.3 Å². The summed E-state index contributed by atoms with van der Waals surface area (Å²) in [5.41, 5.74) is 2.87. The lowest BCUT2D eigenvalue weighted by Crippen LogP contribution is -2.39. The Bertz CT molecular complexity index is 360. The molecule has 0 saturated carbocycles. The number of hydrogen-bond donors (Lipinski definition) is 1. The van der Waals surface area contributed by atoms with Crippen molar-refractivity contribution in [3.63, 3.8) is 0 Å². The summed E-state index contributed by atoms with van der Waals surface area (Å²) < 4.78 is 0. The van der Waals surface area contributed by atoms with Crippen LogP contribution in [0, 0.1) is 0 Å². The fourth-order valence-electron chi connectivity index (χ4n) is 2.97. The molecule has 1 radical (unpaired) electrons. The molecule has 0 saturated heterocycles. The zero-order valence-corrected chi connectivity index (χ0v) is 11.6. The van der Waals surface area contributed by atoms with Gasteiger partial charge in [-0.2, -0.15) is 0 Å². The highest BCUT2D eigenvalue weighted by atomic mass is 28.3. The topological polar surface area (TPSA) is 12.0 Å². The van der Waals surface area contributed by atoms with E-state index in [0.717, 1.165) is 0 Å². The molecule has 2 heteroatoms. The summed E-state index contributed by atoms with van der Waals surface area (Å²) in [6.07, 6.45) is 1.27. The summed E-state index contributed by atoms with van der Waals surface area (Å²) in [7, 11) is -0.227. The minimum Gasteiger partial charge on any atom is -0.385 e. The molecule has 1 atom stereocenters. The van der Waals surface area contributed by atoms with E-state index >= 15 is 0 Å². The molecule has 0 spiro atoms. The molecule has 0 aromatic heterocycles. The molecule has 2 rings (SSSR count). The second kappa shape index (κ2) is 4.62. The quantitative estimate of drug-likeness (QED) is 0.778. The molecule has 1 aromatic rings. The minimum atomic E-state index is -0.227. The Morgan fingerprint density at radius 1 is 1.25 bits per heavy atom. The van der Waals surface area contributed by atoms with Crippen molar-refractivity contribution in [3.8, 4) is 0 Å². The molecule has 1 aromatic carbocycles. The predicted octanol–water partition coefficient (Wildman–Crippen LogP) is 3.95. The van der Waals surface area contributed by atoms with Crippen molar-refractivity contribution >= 4 is 14.5 Å². The molecular formula is C14H22NSi. The SMILES string of the molecule is CC[Si](CC)C1(C)CNc2ccccc2C1. The first-order valence-corrected chi connectivity index (χ1v) is 8.28. The third kappa shape index (κ3) is 2.03. The third-order valence-electron chi connectivity index (χ3n) is 3.97. The molecule has 0 amide bonds. The summed E-state index contributed by atoms with van der Waals surface area (Å²) in [4.78, 5) is 0. The lowest BCUT2D eigenvalue weighted by Gasteiger charge is -2.40. The Balaban J connectivity index is 2.23. The third-order valence-corrected chi connectivity index (χ3v) is 7.74. The van der Waals surface area contributed by atoms with E-state index in [2.05, 4.69) is 50.4 Å². The molecule has 87 valence electrons. The van der Waals surface area contributed by atoms with Gasteiger partial charge in [-0.3, -0.25) is 0 Å².